The number of fused-ring (bicyclic) bond motifs is 1. The van der Waals surface area contributed by atoms with Crippen molar-refractivity contribution in [2.24, 2.45) is 0 Å². The van der Waals surface area contributed by atoms with Crippen LogP contribution in [0.4, 0.5) is 15.9 Å². The summed E-state index contributed by atoms with van der Waals surface area (Å²) < 4.78 is 19.9. The van der Waals surface area contributed by atoms with E-state index in [2.05, 4.69) is 15.2 Å². The average Bonchev–Trinajstić information content (AvgIpc) is 3.17. The Balaban J connectivity index is 1.62. The first kappa shape index (κ1) is 16.0. The highest BCUT2D eigenvalue weighted by Gasteiger charge is 2.15. The van der Waals surface area contributed by atoms with E-state index in [1.165, 1.54) is 17.4 Å². The van der Waals surface area contributed by atoms with E-state index in [0.29, 0.717) is 34.7 Å². The van der Waals surface area contributed by atoms with Crippen LogP contribution in [-0.4, -0.2) is 37.2 Å². The predicted octanol–water partition coefficient (Wildman–Crippen LogP) is 3.52. The molecule has 0 radical (unpaired) electrons. The van der Waals surface area contributed by atoms with Gasteiger partial charge in [-0.1, -0.05) is 6.07 Å². The maximum atomic E-state index is 14.5. The number of nitrogens with one attached hydrogen (secondary N) is 1. The van der Waals surface area contributed by atoms with Crippen molar-refractivity contribution in [1.29, 1.82) is 0 Å². The van der Waals surface area contributed by atoms with Crippen LogP contribution >= 0.6 is 11.3 Å². The highest BCUT2D eigenvalue weighted by atomic mass is 32.1. The van der Waals surface area contributed by atoms with E-state index in [4.69, 9.17) is 4.74 Å². The molecule has 0 atom stereocenters. The summed E-state index contributed by atoms with van der Waals surface area (Å²) in [6, 6.07) is 10.3. The number of nitrogens with zero attached hydrogens (tertiary/aromatic N) is 2. The van der Waals surface area contributed by atoms with Crippen molar-refractivity contribution in [2.45, 2.75) is 0 Å². The molecule has 1 aliphatic heterocycles. The zero-order chi connectivity index (χ0) is 17.2. The number of hydrogen-bond acceptors (Lipinski definition) is 5. The number of thiophene rings is 1. The summed E-state index contributed by atoms with van der Waals surface area (Å²) in [5.74, 6) is 0.0470. The predicted molar refractivity (Wildman–Crippen MR) is 97.0 cm³/mol. The second kappa shape index (κ2) is 6.78. The first-order valence-corrected chi connectivity index (χ1v) is 8.86. The number of hydrogen-bond donors (Lipinski definition) is 1. The van der Waals surface area contributed by atoms with Gasteiger partial charge in [0.25, 0.3) is 5.91 Å². The van der Waals surface area contributed by atoms with E-state index in [-0.39, 0.29) is 5.91 Å². The van der Waals surface area contributed by atoms with Crippen LogP contribution in [0.1, 0.15) is 9.67 Å². The molecular weight excluding hydrogens is 341 g/mol. The summed E-state index contributed by atoms with van der Waals surface area (Å²) >= 11 is 1.34. The summed E-state index contributed by atoms with van der Waals surface area (Å²) in [4.78, 5) is 19.2. The quantitative estimate of drug-likeness (QED) is 0.779. The molecule has 1 aliphatic rings. The minimum Gasteiger partial charge on any atom is -0.378 e. The summed E-state index contributed by atoms with van der Waals surface area (Å²) in [7, 11) is 0. The number of halogens is 1. The van der Waals surface area contributed by atoms with Gasteiger partial charge in [0.1, 0.15) is 11.3 Å². The molecule has 25 heavy (non-hydrogen) atoms. The highest BCUT2D eigenvalue weighted by molar-refractivity contribution is 7.12. The van der Waals surface area contributed by atoms with Crippen LogP contribution in [0.5, 0.6) is 0 Å². The third-order valence-corrected chi connectivity index (χ3v) is 4.94. The van der Waals surface area contributed by atoms with Gasteiger partial charge in [0.2, 0.25) is 0 Å². The number of rotatable bonds is 3. The number of morpholine rings is 1. The van der Waals surface area contributed by atoms with Gasteiger partial charge in [-0.05, 0) is 35.7 Å². The number of aromatic nitrogens is 1. The third kappa shape index (κ3) is 3.33. The lowest BCUT2D eigenvalue weighted by molar-refractivity contribution is 0.103. The van der Waals surface area contributed by atoms with Gasteiger partial charge >= 0.3 is 0 Å². The molecule has 5 nitrogen and oxygen atoms in total. The van der Waals surface area contributed by atoms with Gasteiger partial charge in [0.05, 0.1) is 18.1 Å². The molecule has 1 fully saturated rings. The Morgan fingerprint density at radius 3 is 2.84 bits per heavy atom. The van der Waals surface area contributed by atoms with Crippen molar-refractivity contribution in [3.8, 4) is 0 Å². The molecule has 1 aromatic carbocycles. The van der Waals surface area contributed by atoms with Gasteiger partial charge in [-0.15, -0.1) is 11.3 Å². The Labute approximate surface area is 148 Å². The van der Waals surface area contributed by atoms with Crippen LogP contribution in [-0.2, 0) is 4.74 Å². The first-order valence-electron chi connectivity index (χ1n) is 7.98. The fourth-order valence-corrected chi connectivity index (χ4v) is 3.44. The minimum absolute atomic E-state index is 0.244. The zero-order valence-corrected chi connectivity index (χ0v) is 14.2. The molecule has 1 N–H and O–H groups in total. The Bertz CT molecular complexity index is 908. The van der Waals surface area contributed by atoms with Crippen LogP contribution < -0.4 is 10.2 Å². The van der Waals surface area contributed by atoms with Crippen LogP contribution in [0, 0.1) is 5.82 Å². The van der Waals surface area contributed by atoms with E-state index in [9.17, 15) is 9.18 Å². The summed E-state index contributed by atoms with van der Waals surface area (Å²) in [6.07, 6.45) is 0. The number of anilines is 2. The molecule has 4 rings (SSSR count). The SMILES string of the molecule is O=C(Nc1cc(F)c2nc(N3CCOCC3)ccc2c1)c1cccs1. The fraction of sp³-hybridized carbons (Fsp3) is 0.222. The normalized spacial score (nSPS) is 14.7. The van der Waals surface area contributed by atoms with Crippen molar-refractivity contribution < 1.29 is 13.9 Å². The van der Waals surface area contributed by atoms with Crippen LogP contribution in [0.25, 0.3) is 10.9 Å². The Morgan fingerprint density at radius 2 is 2.08 bits per heavy atom. The molecule has 1 amide bonds. The van der Waals surface area contributed by atoms with E-state index >= 15 is 0 Å². The third-order valence-electron chi connectivity index (χ3n) is 4.07. The van der Waals surface area contributed by atoms with Crippen LogP contribution in [0.3, 0.4) is 0 Å². The smallest absolute Gasteiger partial charge is 0.265 e. The van der Waals surface area contributed by atoms with Gasteiger partial charge in [0, 0.05) is 24.2 Å². The van der Waals surface area contributed by atoms with E-state index < -0.39 is 5.82 Å². The Morgan fingerprint density at radius 1 is 1.24 bits per heavy atom. The number of pyridine rings is 1. The van der Waals surface area contributed by atoms with E-state index in [1.54, 1.807) is 18.2 Å². The van der Waals surface area contributed by atoms with Gasteiger partial charge < -0.3 is 15.0 Å². The van der Waals surface area contributed by atoms with Gasteiger partial charge in [-0.2, -0.15) is 0 Å². The molecule has 7 heteroatoms. The van der Waals surface area contributed by atoms with Gasteiger partial charge in [0.15, 0.2) is 5.82 Å². The molecule has 0 bridgehead atoms. The summed E-state index contributed by atoms with van der Waals surface area (Å²) in [6.45, 7) is 2.79. The fourth-order valence-electron chi connectivity index (χ4n) is 2.82. The van der Waals surface area contributed by atoms with Gasteiger partial charge in [-0.25, -0.2) is 9.37 Å². The number of ether oxygens (including phenoxy) is 1. The second-order valence-electron chi connectivity index (χ2n) is 5.73. The number of benzene rings is 1. The molecule has 0 saturated carbocycles. The maximum absolute atomic E-state index is 14.5. The average molecular weight is 357 g/mol. The maximum Gasteiger partial charge on any atom is 0.265 e. The lowest BCUT2D eigenvalue weighted by Crippen LogP contribution is -2.36. The molecule has 0 unspecified atom stereocenters. The summed E-state index contributed by atoms with van der Waals surface area (Å²) in [5.41, 5.74) is 0.724. The second-order valence-corrected chi connectivity index (χ2v) is 6.68. The molecule has 128 valence electrons. The molecule has 0 spiro atoms. The highest BCUT2D eigenvalue weighted by Crippen LogP contribution is 2.25. The number of carbonyl (C=O) groups excluding carboxylic acids is 1. The Hall–Kier alpha value is -2.51. The topological polar surface area (TPSA) is 54.5 Å². The van der Waals surface area contributed by atoms with E-state index in [0.717, 1.165) is 18.9 Å². The lowest BCUT2D eigenvalue weighted by Gasteiger charge is -2.28. The zero-order valence-electron chi connectivity index (χ0n) is 13.4. The standard InChI is InChI=1S/C18H16FN3O2S/c19-14-11-13(20-18(23)15-2-1-9-25-15)10-12-3-4-16(21-17(12)14)22-5-7-24-8-6-22/h1-4,9-11H,5-8H2,(H,20,23). The van der Waals surface area contributed by atoms with E-state index in [1.807, 2.05) is 17.5 Å². The molecule has 3 aromatic rings. The van der Waals surface area contributed by atoms with Crippen LogP contribution in [0.2, 0.25) is 0 Å². The number of carbonyl (C=O) groups is 1. The van der Waals surface area contributed by atoms with Crippen molar-refractivity contribution in [3.05, 3.63) is 52.5 Å². The molecule has 3 heterocycles. The number of amides is 1. The monoisotopic (exact) mass is 357 g/mol. The lowest BCUT2D eigenvalue weighted by atomic mass is 10.1. The first-order chi connectivity index (χ1) is 12.2. The molecule has 1 saturated heterocycles. The molecular formula is C18H16FN3O2S. The molecule has 2 aromatic heterocycles. The van der Waals surface area contributed by atoms with Crippen molar-refractivity contribution in [2.75, 3.05) is 36.5 Å². The van der Waals surface area contributed by atoms with Crippen molar-refractivity contribution in [1.82, 2.24) is 4.98 Å². The van der Waals surface area contributed by atoms with Crippen molar-refractivity contribution >= 4 is 39.7 Å². The van der Waals surface area contributed by atoms with Crippen LogP contribution in [0.15, 0.2) is 41.8 Å². The largest absolute Gasteiger partial charge is 0.378 e. The summed E-state index contributed by atoms with van der Waals surface area (Å²) in [5, 5.41) is 5.21. The van der Waals surface area contributed by atoms with Gasteiger partial charge in [-0.3, -0.25) is 4.79 Å². The molecule has 0 aliphatic carbocycles. The Kier molecular flexibility index (Phi) is 4.33. The van der Waals surface area contributed by atoms with Crippen molar-refractivity contribution in [3.63, 3.8) is 0 Å². The minimum atomic E-state index is -0.450.